The molecule has 0 aliphatic rings. The van der Waals surface area contributed by atoms with Gasteiger partial charge in [-0.05, 0) is 114 Å². The highest BCUT2D eigenvalue weighted by molar-refractivity contribution is 14.1. The van der Waals surface area contributed by atoms with Crippen molar-refractivity contribution in [2.75, 3.05) is 5.32 Å². The van der Waals surface area contributed by atoms with Crippen molar-refractivity contribution in [2.24, 2.45) is 0 Å². The van der Waals surface area contributed by atoms with Crippen LogP contribution in [0.25, 0.3) is 40.0 Å². The molecule has 184 valence electrons. The minimum absolute atomic E-state index is 0.143. The van der Waals surface area contributed by atoms with Crippen LogP contribution in [0, 0.1) is 3.57 Å². The standard InChI is InChI=1S/C27H16Cl2IN3O3S/c28-17-11-16(12-18(29)13-17)23-9-6-21(35-23)7-10-25(34)33-27(37)31-20-5-8-24-22(14-20)32-26(36-24)15-1-3-19(30)4-2-15/h1-14H,(H2,31,33,34,37)/b10-7+. The summed E-state index contributed by atoms with van der Waals surface area (Å²) >= 11 is 19.6. The summed E-state index contributed by atoms with van der Waals surface area (Å²) in [7, 11) is 0. The smallest absolute Gasteiger partial charge is 0.250 e. The van der Waals surface area contributed by atoms with Gasteiger partial charge in [-0.15, -0.1) is 0 Å². The second-order valence-corrected chi connectivity index (χ2v) is 10.4. The van der Waals surface area contributed by atoms with Crippen LogP contribution in [-0.2, 0) is 4.79 Å². The Bertz CT molecular complexity index is 1640. The number of nitrogens with one attached hydrogen (secondary N) is 2. The van der Waals surface area contributed by atoms with Crippen molar-refractivity contribution < 1.29 is 13.6 Å². The van der Waals surface area contributed by atoms with Gasteiger partial charge < -0.3 is 14.2 Å². The molecule has 5 rings (SSSR count). The zero-order valence-electron chi connectivity index (χ0n) is 18.8. The van der Waals surface area contributed by atoms with Gasteiger partial charge in [0.1, 0.15) is 17.0 Å². The minimum atomic E-state index is -0.412. The number of oxazole rings is 1. The quantitative estimate of drug-likeness (QED) is 0.113. The van der Waals surface area contributed by atoms with E-state index in [2.05, 4.69) is 38.2 Å². The average molecular weight is 660 g/mol. The number of aromatic nitrogens is 1. The fourth-order valence-electron chi connectivity index (χ4n) is 3.49. The van der Waals surface area contributed by atoms with E-state index >= 15 is 0 Å². The van der Waals surface area contributed by atoms with E-state index in [0.717, 1.165) is 14.7 Å². The molecule has 2 aromatic heterocycles. The fourth-order valence-corrected chi connectivity index (χ4v) is 4.59. The lowest BCUT2D eigenvalue weighted by atomic mass is 10.2. The summed E-state index contributed by atoms with van der Waals surface area (Å²) in [6, 6.07) is 21.9. The number of halogens is 3. The Kier molecular flexibility index (Phi) is 7.61. The predicted molar refractivity (Wildman–Crippen MR) is 160 cm³/mol. The molecule has 3 aromatic carbocycles. The highest BCUT2D eigenvalue weighted by Crippen LogP contribution is 2.29. The topological polar surface area (TPSA) is 80.3 Å². The van der Waals surface area contributed by atoms with Crippen LogP contribution in [0.1, 0.15) is 5.76 Å². The monoisotopic (exact) mass is 659 g/mol. The molecule has 0 saturated heterocycles. The Morgan fingerprint density at radius 2 is 1.68 bits per heavy atom. The van der Waals surface area contributed by atoms with Gasteiger partial charge in [0, 0.05) is 36.5 Å². The number of hydrogen-bond acceptors (Lipinski definition) is 5. The third-order valence-corrected chi connectivity index (χ3v) is 6.51. The largest absolute Gasteiger partial charge is 0.457 e. The number of benzene rings is 3. The Hall–Kier alpha value is -3.18. The summed E-state index contributed by atoms with van der Waals surface area (Å²) in [6.07, 6.45) is 2.87. The molecule has 0 fully saturated rings. The van der Waals surface area contributed by atoms with Crippen molar-refractivity contribution in [1.29, 1.82) is 0 Å². The molecule has 0 saturated carbocycles. The lowest BCUT2D eigenvalue weighted by molar-refractivity contribution is -0.115. The molecule has 1 amide bonds. The third-order valence-electron chi connectivity index (χ3n) is 5.15. The first-order valence-corrected chi connectivity index (χ1v) is 13.1. The fraction of sp³-hybridized carbons (Fsp3) is 0. The molecule has 2 heterocycles. The molecule has 2 N–H and O–H groups in total. The van der Waals surface area contributed by atoms with Crippen molar-refractivity contribution >= 4 is 91.9 Å². The number of nitrogens with zero attached hydrogens (tertiary/aromatic N) is 1. The number of fused-ring (bicyclic) bond motifs is 1. The van der Waals surface area contributed by atoms with Crippen LogP contribution < -0.4 is 10.6 Å². The number of carbonyl (C=O) groups excluding carboxylic acids is 1. The number of carbonyl (C=O) groups is 1. The summed E-state index contributed by atoms with van der Waals surface area (Å²) in [5.74, 6) is 1.18. The van der Waals surface area contributed by atoms with E-state index < -0.39 is 5.91 Å². The molecule has 0 spiro atoms. The van der Waals surface area contributed by atoms with Crippen molar-refractivity contribution in [3.8, 4) is 22.8 Å². The van der Waals surface area contributed by atoms with Crippen LogP contribution in [0.4, 0.5) is 5.69 Å². The summed E-state index contributed by atoms with van der Waals surface area (Å²) in [6.45, 7) is 0. The molecule has 0 radical (unpaired) electrons. The Morgan fingerprint density at radius 3 is 2.43 bits per heavy atom. The molecule has 0 aliphatic carbocycles. The highest BCUT2D eigenvalue weighted by atomic mass is 127. The zero-order chi connectivity index (χ0) is 25.9. The normalized spacial score (nSPS) is 11.2. The van der Waals surface area contributed by atoms with Crippen LogP contribution in [0.15, 0.2) is 87.7 Å². The first kappa shape index (κ1) is 25.5. The summed E-state index contributed by atoms with van der Waals surface area (Å²) in [5, 5.41) is 6.75. The van der Waals surface area contributed by atoms with E-state index in [-0.39, 0.29) is 5.11 Å². The second-order valence-electron chi connectivity index (χ2n) is 7.85. The second kappa shape index (κ2) is 11.1. The van der Waals surface area contributed by atoms with Crippen LogP contribution >= 0.6 is 58.0 Å². The van der Waals surface area contributed by atoms with E-state index in [0.29, 0.717) is 44.2 Å². The molecule has 5 aromatic rings. The van der Waals surface area contributed by atoms with Crippen molar-refractivity contribution in [2.45, 2.75) is 0 Å². The Labute approximate surface area is 240 Å². The van der Waals surface area contributed by atoms with Crippen molar-refractivity contribution in [3.05, 3.63) is 98.2 Å². The Morgan fingerprint density at radius 1 is 0.919 bits per heavy atom. The molecule has 0 atom stereocenters. The molecule has 37 heavy (non-hydrogen) atoms. The first-order chi connectivity index (χ1) is 17.8. The minimum Gasteiger partial charge on any atom is -0.457 e. The lowest BCUT2D eigenvalue weighted by Gasteiger charge is -2.07. The van der Waals surface area contributed by atoms with Crippen LogP contribution in [0.5, 0.6) is 0 Å². The Balaban J connectivity index is 1.20. The number of thiocarbonyl (C=S) groups is 1. The van der Waals surface area contributed by atoms with Crippen molar-refractivity contribution in [1.82, 2.24) is 10.3 Å². The van der Waals surface area contributed by atoms with Crippen LogP contribution in [0.2, 0.25) is 10.0 Å². The van der Waals surface area contributed by atoms with Gasteiger partial charge in [-0.3, -0.25) is 10.1 Å². The van der Waals surface area contributed by atoms with E-state index in [1.807, 2.05) is 24.3 Å². The summed E-state index contributed by atoms with van der Waals surface area (Å²) in [5.41, 5.74) is 3.61. The zero-order valence-corrected chi connectivity index (χ0v) is 23.3. The number of rotatable bonds is 5. The maximum atomic E-state index is 12.3. The predicted octanol–water partition coefficient (Wildman–Crippen LogP) is 8.19. The number of furan rings is 1. The number of amides is 1. The molecule has 0 unspecified atom stereocenters. The van der Waals surface area contributed by atoms with E-state index in [9.17, 15) is 4.79 Å². The van der Waals surface area contributed by atoms with E-state index in [1.54, 1.807) is 54.6 Å². The third kappa shape index (κ3) is 6.40. The van der Waals surface area contributed by atoms with Gasteiger partial charge in [-0.1, -0.05) is 23.2 Å². The SMILES string of the molecule is O=C(/C=C/c1ccc(-c2cc(Cl)cc(Cl)c2)o1)NC(=S)Nc1ccc2oc(-c3ccc(I)cc3)nc2c1. The lowest BCUT2D eigenvalue weighted by Crippen LogP contribution is -2.32. The van der Waals surface area contributed by atoms with Gasteiger partial charge >= 0.3 is 0 Å². The highest BCUT2D eigenvalue weighted by Gasteiger charge is 2.10. The van der Waals surface area contributed by atoms with Gasteiger partial charge in [0.2, 0.25) is 11.8 Å². The molecular weight excluding hydrogens is 644 g/mol. The maximum absolute atomic E-state index is 12.3. The van der Waals surface area contributed by atoms with Crippen molar-refractivity contribution in [3.63, 3.8) is 0 Å². The molecule has 0 bridgehead atoms. The van der Waals surface area contributed by atoms with Gasteiger partial charge in [0.15, 0.2) is 10.7 Å². The molecule has 0 aliphatic heterocycles. The number of anilines is 1. The molecular formula is C27H16Cl2IN3O3S. The van der Waals surface area contributed by atoms with Crippen LogP contribution in [-0.4, -0.2) is 16.0 Å². The first-order valence-electron chi connectivity index (χ1n) is 10.9. The maximum Gasteiger partial charge on any atom is 0.250 e. The van der Waals surface area contributed by atoms with Gasteiger partial charge in [-0.2, -0.15) is 0 Å². The van der Waals surface area contributed by atoms with Gasteiger partial charge in [0.25, 0.3) is 0 Å². The van der Waals surface area contributed by atoms with Gasteiger partial charge in [-0.25, -0.2) is 4.98 Å². The summed E-state index contributed by atoms with van der Waals surface area (Å²) in [4.78, 5) is 16.9. The molecule has 6 nitrogen and oxygen atoms in total. The molecule has 10 heteroatoms. The van der Waals surface area contributed by atoms with E-state index in [1.165, 1.54) is 6.08 Å². The van der Waals surface area contributed by atoms with E-state index in [4.69, 9.17) is 44.3 Å². The average Bonchev–Trinajstić information content (AvgIpc) is 3.49. The summed E-state index contributed by atoms with van der Waals surface area (Å²) < 4.78 is 12.8. The van der Waals surface area contributed by atoms with Gasteiger partial charge in [0.05, 0.1) is 0 Å². The number of hydrogen-bond donors (Lipinski definition) is 2. The van der Waals surface area contributed by atoms with Crippen LogP contribution in [0.3, 0.4) is 0 Å².